The second-order valence-electron chi connectivity index (χ2n) is 4.06. The number of anilines is 1. The zero-order valence-electron chi connectivity index (χ0n) is 10.7. The van der Waals surface area contributed by atoms with Crippen LogP contribution in [0.2, 0.25) is 0 Å². The van der Waals surface area contributed by atoms with E-state index in [2.05, 4.69) is 5.32 Å². The Morgan fingerprint density at radius 1 is 1.37 bits per heavy atom. The van der Waals surface area contributed by atoms with Crippen molar-refractivity contribution in [1.82, 2.24) is 0 Å². The lowest BCUT2D eigenvalue weighted by molar-refractivity contribution is -0.124. The molecule has 0 saturated heterocycles. The van der Waals surface area contributed by atoms with E-state index < -0.39 is 23.9 Å². The number of nitrogens with one attached hydrogen (secondary N) is 1. The number of carbonyl (C=O) groups excluding carboxylic acids is 2. The number of carbonyl (C=O) groups is 2. The maximum Gasteiger partial charge on any atom is 0.405 e. The van der Waals surface area contributed by atoms with Crippen LogP contribution in [0.3, 0.4) is 0 Å². The molecule has 1 aromatic rings. The molecule has 0 saturated carbocycles. The predicted octanol–water partition coefficient (Wildman–Crippen LogP) is 2.42. The van der Waals surface area contributed by atoms with E-state index in [0.29, 0.717) is 12.1 Å². The smallest absolute Gasteiger partial charge is 0.405 e. The van der Waals surface area contributed by atoms with E-state index in [9.17, 15) is 14.0 Å². The van der Waals surface area contributed by atoms with Crippen LogP contribution in [0.1, 0.15) is 26.2 Å². The number of rotatable bonds is 6. The molecule has 2 amide bonds. The van der Waals surface area contributed by atoms with Crippen molar-refractivity contribution in [2.45, 2.75) is 32.3 Å². The zero-order chi connectivity index (χ0) is 14.3. The van der Waals surface area contributed by atoms with Crippen LogP contribution in [0.25, 0.3) is 0 Å². The van der Waals surface area contributed by atoms with Crippen LogP contribution in [0.4, 0.5) is 14.9 Å². The molecule has 0 bridgehead atoms. The quantitative estimate of drug-likeness (QED) is 0.831. The number of benzene rings is 1. The van der Waals surface area contributed by atoms with Crippen molar-refractivity contribution in [3.8, 4) is 0 Å². The summed E-state index contributed by atoms with van der Waals surface area (Å²) in [7, 11) is 0. The van der Waals surface area contributed by atoms with Gasteiger partial charge in [0.1, 0.15) is 5.82 Å². The Bertz CT molecular complexity index is 434. The van der Waals surface area contributed by atoms with Crippen molar-refractivity contribution in [2.24, 2.45) is 5.73 Å². The number of ether oxygens (including phenoxy) is 1. The molecule has 104 valence electrons. The van der Waals surface area contributed by atoms with Gasteiger partial charge in [0.15, 0.2) is 6.10 Å². The van der Waals surface area contributed by atoms with Crippen LogP contribution in [-0.4, -0.2) is 18.1 Å². The highest BCUT2D eigenvalue weighted by Gasteiger charge is 2.21. The number of amides is 2. The van der Waals surface area contributed by atoms with Crippen molar-refractivity contribution >= 4 is 17.7 Å². The largest absolute Gasteiger partial charge is 0.436 e. The fraction of sp³-hybridized carbons (Fsp3) is 0.385. The molecule has 0 aliphatic rings. The summed E-state index contributed by atoms with van der Waals surface area (Å²) in [6, 6.07) is 5.31. The van der Waals surface area contributed by atoms with Crippen molar-refractivity contribution in [1.29, 1.82) is 0 Å². The average molecular weight is 268 g/mol. The average Bonchev–Trinajstić information content (AvgIpc) is 2.36. The second-order valence-corrected chi connectivity index (χ2v) is 4.06. The molecule has 1 aromatic carbocycles. The standard InChI is InChI=1S/C13H17FN2O3/c1-2-3-4-11(19-13(15)18)12(17)16-10-7-5-9(14)6-8-10/h5-8,11H,2-4H2,1H3,(H2,15,18)(H,16,17). The molecule has 1 unspecified atom stereocenters. The molecular weight excluding hydrogens is 251 g/mol. The minimum absolute atomic E-state index is 0.395. The first-order chi connectivity index (χ1) is 9.02. The molecule has 0 aliphatic carbocycles. The number of unbranched alkanes of at least 4 members (excludes halogenated alkanes) is 1. The lowest BCUT2D eigenvalue weighted by Crippen LogP contribution is -2.34. The lowest BCUT2D eigenvalue weighted by Gasteiger charge is -2.16. The lowest BCUT2D eigenvalue weighted by atomic mass is 10.1. The monoisotopic (exact) mass is 268 g/mol. The normalized spacial score (nSPS) is 11.7. The summed E-state index contributed by atoms with van der Waals surface area (Å²) < 4.78 is 17.5. The van der Waals surface area contributed by atoms with Crippen molar-refractivity contribution in [2.75, 3.05) is 5.32 Å². The van der Waals surface area contributed by atoms with Gasteiger partial charge in [0.2, 0.25) is 0 Å². The first-order valence-electron chi connectivity index (χ1n) is 6.05. The van der Waals surface area contributed by atoms with Gasteiger partial charge in [0.05, 0.1) is 0 Å². The van der Waals surface area contributed by atoms with Crippen LogP contribution in [0.15, 0.2) is 24.3 Å². The molecule has 19 heavy (non-hydrogen) atoms. The molecule has 1 rings (SSSR count). The number of nitrogens with two attached hydrogens (primary N) is 1. The maximum atomic E-state index is 12.7. The van der Waals surface area contributed by atoms with Crippen molar-refractivity contribution in [3.63, 3.8) is 0 Å². The predicted molar refractivity (Wildman–Crippen MR) is 69.0 cm³/mol. The minimum Gasteiger partial charge on any atom is -0.436 e. The van der Waals surface area contributed by atoms with Gasteiger partial charge >= 0.3 is 6.09 Å². The van der Waals surface area contributed by atoms with Crippen molar-refractivity contribution < 1.29 is 18.7 Å². The van der Waals surface area contributed by atoms with Crippen LogP contribution in [0.5, 0.6) is 0 Å². The molecule has 0 aromatic heterocycles. The number of halogens is 1. The third-order valence-electron chi connectivity index (χ3n) is 2.48. The molecule has 3 N–H and O–H groups in total. The third-order valence-corrected chi connectivity index (χ3v) is 2.48. The number of hydrogen-bond acceptors (Lipinski definition) is 3. The van der Waals surface area contributed by atoms with Gasteiger partial charge in [-0.1, -0.05) is 13.3 Å². The van der Waals surface area contributed by atoms with E-state index in [1.54, 1.807) is 0 Å². The van der Waals surface area contributed by atoms with E-state index in [1.807, 2.05) is 6.92 Å². The minimum atomic E-state index is -0.990. The van der Waals surface area contributed by atoms with E-state index in [0.717, 1.165) is 12.8 Å². The first kappa shape index (κ1) is 14.9. The Hall–Kier alpha value is -2.11. The summed E-state index contributed by atoms with van der Waals surface area (Å²) in [6.45, 7) is 1.96. The Morgan fingerprint density at radius 2 is 2.00 bits per heavy atom. The van der Waals surface area contributed by atoms with Gasteiger partial charge in [0, 0.05) is 5.69 Å². The van der Waals surface area contributed by atoms with Gasteiger partial charge in [-0.2, -0.15) is 0 Å². The van der Waals surface area contributed by atoms with E-state index in [4.69, 9.17) is 10.5 Å². The summed E-state index contributed by atoms with van der Waals surface area (Å²) in [5.74, 6) is -0.868. The van der Waals surface area contributed by atoms with Crippen LogP contribution in [0, 0.1) is 5.82 Å². The Morgan fingerprint density at radius 3 is 2.53 bits per heavy atom. The topological polar surface area (TPSA) is 81.4 Å². The molecule has 0 radical (unpaired) electrons. The van der Waals surface area contributed by atoms with E-state index >= 15 is 0 Å². The summed E-state index contributed by atoms with van der Waals surface area (Å²) in [5.41, 5.74) is 5.36. The maximum absolute atomic E-state index is 12.7. The Kier molecular flexibility index (Phi) is 5.78. The van der Waals surface area contributed by atoms with Gasteiger partial charge in [-0.05, 0) is 37.1 Å². The molecule has 6 heteroatoms. The number of hydrogen-bond donors (Lipinski definition) is 2. The highest BCUT2D eigenvalue weighted by Crippen LogP contribution is 2.12. The molecular formula is C13H17FN2O3. The highest BCUT2D eigenvalue weighted by atomic mass is 19.1. The summed E-state index contributed by atoms with van der Waals surface area (Å²) in [5, 5.41) is 2.55. The van der Waals surface area contributed by atoms with Crippen LogP contribution < -0.4 is 11.1 Å². The summed E-state index contributed by atoms with van der Waals surface area (Å²) in [4.78, 5) is 22.6. The van der Waals surface area contributed by atoms with Crippen LogP contribution >= 0.6 is 0 Å². The molecule has 0 aliphatic heterocycles. The van der Waals surface area contributed by atoms with E-state index in [1.165, 1.54) is 24.3 Å². The third kappa shape index (κ3) is 5.37. The van der Waals surface area contributed by atoms with Gasteiger partial charge in [0.25, 0.3) is 5.91 Å². The molecule has 0 fully saturated rings. The first-order valence-corrected chi connectivity index (χ1v) is 6.05. The Labute approximate surface area is 110 Å². The summed E-state index contributed by atoms with van der Waals surface area (Å²) in [6.07, 6.45) is 0.0711. The molecule has 0 spiro atoms. The second kappa shape index (κ2) is 7.35. The fourth-order valence-corrected chi connectivity index (χ4v) is 1.53. The van der Waals surface area contributed by atoms with Gasteiger partial charge in [-0.25, -0.2) is 9.18 Å². The van der Waals surface area contributed by atoms with Gasteiger partial charge in [-0.15, -0.1) is 0 Å². The van der Waals surface area contributed by atoms with Gasteiger partial charge < -0.3 is 15.8 Å². The van der Waals surface area contributed by atoms with E-state index in [-0.39, 0.29) is 0 Å². The van der Waals surface area contributed by atoms with Crippen molar-refractivity contribution in [3.05, 3.63) is 30.1 Å². The number of primary amides is 1. The Balaban J connectivity index is 2.64. The fourth-order valence-electron chi connectivity index (χ4n) is 1.53. The van der Waals surface area contributed by atoms with Crippen LogP contribution in [-0.2, 0) is 9.53 Å². The molecule has 1 atom stereocenters. The summed E-state index contributed by atoms with van der Waals surface area (Å²) >= 11 is 0. The van der Waals surface area contributed by atoms with Gasteiger partial charge in [-0.3, -0.25) is 4.79 Å². The zero-order valence-corrected chi connectivity index (χ0v) is 10.7. The SMILES string of the molecule is CCCCC(OC(N)=O)C(=O)Nc1ccc(F)cc1. The molecule has 0 heterocycles. The molecule has 5 nitrogen and oxygen atoms in total. The highest BCUT2D eigenvalue weighted by molar-refractivity contribution is 5.95.